The molecule has 1 aromatic rings. The molecule has 0 aromatic heterocycles. The molecule has 2 bridgehead atoms. The van der Waals surface area contributed by atoms with Crippen LogP contribution in [0.1, 0.15) is 37.7 Å². The highest BCUT2D eigenvalue weighted by Gasteiger charge is 2.37. The monoisotopic (exact) mass is 304 g/mol. The number of methoxy groups -OCH3 is 1. The van der Waals surface area contributed by atoms with Gasteiger partial charge < -0.3 is 15.2 Å². The lowest BCUT2D eigenvalue weighted by Crippen LogP contribution is -2.56. The molecule has 0 radical (unpaired) electrons. The van der Waals surface area contributed by atoms with Gasteiger partial charge in [0.2, 0.25) is 0 Å². The largest absolute Gasteiger partial charge is 0.495 e. The average molecular weight is 304 g/mol. The van der Waals surface area contributed by atoms with E-state index in [0.29, 0.717) is 23.5 Å². The number of nitrogens with zero attached hydrogens (tertiary/aromatic N) is 1. The van der Waals surface area contributed by atoms with E-state index in [1.807, 2.05) is 25.1 Å². The van der Waals surface area contributed by atoms with Crippen LogP contribution in [-0.4, -0.2) is 36.4 Å². The first-order chi connectivity index (χ1) is 10.6. The van der Waals surface area contributed by atoms with Gasteiger partial charge in [0, 0.05) is 18.1 Å². The van der Waals surface area contributed by atoms with Crippen molar-refractivity contribution in [3.63, 3.8) is 0 Å². The summed E-state index contributed by atoms with van der Waals surface area (Å²) in [6.07, 6.45) is 4.39. The molecule has 1 amide bonds. The normalized spacial score (nSPS) is 27.3. The van der Waals surface area contributed by atoms with Crippen LogP contribution in [0, 0.1) is 6.92 Å². The zero-order valence-electron chi connectivity index (χ0n) is 13.2. The highest BCUT2D eigenvalue weighted by Crippen LogP contribution is 2.36. The summed E-state index contributed by atoms with van der Waals surface area (Å²) < 4.78 is 5.40. The summed E-state index contributed by atoms with van der Waals surface area (Å²) in [5.74, 6) is 0.622. The van der Waals surface area contributed by atoms with Crippen LogP contribution < -0.4 is 15.0 Å². The summed E-state index contributed by atoms with van der Waals surface area (Å²) in [5.41, 5.74) is 1.70. The van der Waals surface area contributed by atoms with Crippen molar-refractivity contribution in [2.75, 3.05) is 12.0 Å². The Morgan fingerprint density at radius 3 is 2.59 bits per heavy atom. The third-order valence-corrected chi connectivity index (χ3v) is 4.85. The number of hydrogen-bond donors (Lipinski definition) is 2. The molecule has 2 unspecified atom stereocenters. The SMILES string of the molecule is COc1ccc(C)cc1N(C(=O)O)C1CC2CCCC(C1)N2. The standard InChI is InChI=1S/C17H24N2O3/c1-11-6-7-16(22-2)15(8-11)19(17(20)21)14-9-12-4-3-5-13(10-14)18-12/h6-8,12-14,18H,3-5,9-10H2,1-2H3,(H,20,21). The van der Waals surface area contributed by atoms with E-state index in [4.69, 9.17) is 4.74 Å². The molecule has 2 aliphatic rings. The number of hydrogen-bond acceptors (Lipinski definition) is 3. The van der Waals surface area contributed by atoms with E-state index in [-0.39, 0.29) is 6.04 Å². The summed E-state index contributed by atoms with van der Waals surface area (Å²) >= 11 is 0. The van der Waals surface area contributed by atoms with Crippen molar-refractivity contribution < 1.29 is 14.6 Å². The van der Waals surface area contributed by atoms with Gasteiger partial charge in [0.1, 0.15) is 5.75 Å². The minimum Gasteiger partial charge on any atom is -0.495 e. The maximum absolute atomic E-state index is 11.9. The first-order valence-electron chi connectivity index (χ1n) is 8.01. The molecule has 1 aromatic carbocycles. The highest BCUT2D eigenvalue weighted by atomic mass is 16.5. The van der Waals surface area contributed by atoms with Crippen LogP contribution in [-0.2, 0) is 0 Å². The van der Waals surface area contributed by atoms with E-state index in [9.17, 15) is 9.90 Å². The Morgan fingerprint density at radius 2 is 2.00 bits per heavy atom. The van der Waals surface area contributed by atoms with Crippen LogP contribution in [0.5, 0.6) is 5.75 Å². The van der Waals surface area contributed by atoms with E-state index in [1.54, 1.807) is 7.11 Å². The molecule has 0 aliphatic carbocycles. The fraction of sp³-hybridized carbons (Fsp3) is 0.588. The fourth-order valence-electron chi connectivity index (χ4n) is 3.89. The number of amides is 1. The third-order valence-electron chi connectivity index (χ3n) is 4.85. The third kappa shape index (κ3) is 2.90. The number of aryl methyl sites for hydroxylation is 1. The van der Waals surface area contributed by atoms with Gasteiger partial charge in [-0.05, 0) is 50.3 Å². The van der Waals surface area contributed by atoms with E-state index in [0.717, 1.165) is 31.2 Å². The topological polar surface area (TPSA) is 61.8 Å². The maximum atomic E-state index is 11.9. The van der Waals surface area contributed by atoms with Crippen molar-refractivity contribution in [3.05, 3.63) is 23.8 Å². The molecule has 0 saturated carbocycles. The van der Waals surface area contributed by atoms with Gasteiger partial charge in [0.05, 0.1) is 12.8 Å². The van der Waals surface area contributed by atoms with Crippen LogP contribution in [0.4, 0.5) is 10.5 Å². The number of carbonyl (C=O) groups is 1. The second-order valence-corrected chi connectivity index (χ2v) is 6.44. The minimum atomic E-state index is -0.895. The number of carboxylic acid groups (broad SMARTS) is 1. The Kier molecular flexibility index (Phi) is 4.25. The van der Waals surface area contributed by atoms with Crippen molar-refractivity contribution in [3.8, 4) is 5.75 Å². The zero-order valence-corrected chi connectivity index (χ0v) is 13.2. The maximum Gasteiger partial charge on any atom is 0.412 e. The quantitative estimate of drug-likeness (QED) is 0.900. The van der Waals surface area contributed by atoms with Gasteiger partial charge in [-0.3, -0.25) is 4.90 Å². The number of benzene rings is 1. The predicted octanol–water partition coefficient (Wildman–Crippen LogP) is 3.16. The molecule has 5 nitrogen and oxygen atoms in total. The van der Waals surface area contributed by atoms with Crippen LogP contribution in [0.25, 0.3) is 0 Å². The molecule has 2 N–H and O–H groups in total. The summed E-state index contributed by atoms with van der Waals surface area (Å²) in [5, 5.41) is 13.4. The fourth-order valence-corrected chi connectivity index (χ4v) is 3.89. The van der Waals surface area contributed by atoms with Crippen LogP contribution in [0.15, 0.2) is 18.2 Å². The van der Waals surface area contributed by atoms with E-state index in [2.05, 4.69) is 5.32 Å². The van der Waals surface area contributed by atoms with Crippen LogP contribution in [0.3, 0.4) is 0 Å². The highest BCUT2D eigenvalue weighted by molar-refractivity contribution is 5.89. The number of nitrogens with one attached hydrogen (secondary N) is 1. The first kappa shape index (κ1) is 15.2. The number of ether oxygens (including phenoxy) is 1. The number of rotatable bonds is 3. The summed E-state index contributed by atoms with van der Waals surface area (Å²) in [6, 6.07) is 6.60. The molecule has 120 valence electrons. The smallest absolute Gasteiger partial charge is 0.412 e. The van der Waals surface area contributed by atoms with Gasteiger partial charge in [-0.25, -0.2) is 4.79 Å². The van der Waals surface area contributed by atoms with Gasteiger partial charge >= 0.3 is 6.09 Å². The average Bonchev–Trinajstić information content (AvgIpc) is 2.47. The molecule has 2 aliphatic heterocycles. The van der Waals surface area contributed by atoms with Gasteiger partial charge in [-0.1, -0.05) is 12.5 Å². The Balaban J connectivity index is 1.93. The van der Waals surface area contributed by atoms with Gasteiger partial charge in [0.25, 0.3) is 0 Å². The lowest BCUT2D eigenvalue weighted by molar-refractivity contribution is 0.181. The van der Waals surface area contributed by atoms with Crippen molar-refractivity contribution in [1.29, 1.82) is 0 Å². The second-order valence-electron chi connectivity index (χ2n) is 6.44. The Hall–Kier alpha value is -1.75. The molecule has 2 saturated heterocycles. The lowest BCUT2D eigenvalue weighted by atomic mass is 9.83. The van der Waals surface area contributed by atoms with Crippen molar-refractivity contribution in [2.45, 2.75) is 57.2 Å². The summed E-state index contributed by atoms with van der Waals surface area (Å²) in [4.78, 5) is 13.5. The lowest BCUT2D eigenvalue weighted by Gasteiger charge is -2.43. The van der Waals surface area contributed by atoms with Crippen LogP contribution >= 0.6 is 0 Å². The second kappa shape index (κ2) is 6.16. The first-order valence-corrected chi connectivity index (χ1v) is 8.01. The molecular formula is C17H24N2O3. The number of fused-ring (bicyclic) bond motifs is 2. The Labute approximate surface area is 131 Å². The van der Waals surface area contributed by atoms with Crippen molar-refractivity contribution >= 4 is 11.8 Å². The van der Waals surface area contributed by atoms with Gasteiger partial charge in [-0.15, -0.1) is 0 Å². The molecule has 2 heterocycles. The van der Waals surface area contributed by atoms with Crippen molar-refractivity contribution in [1.82, 2.24) is 5.32 Å². The molecule has 2 fully saturated rings. The summed E-state index contributed by atoms with van der Waals surface area (Å²) in [7, 11) is 1.59. The van der Waals surface area contributed by atoms with E-state index < -0.39 is 6.09 Å². The van der Waals surface area contributed by atoms with Gasteiger partial charge in [0.15, 0.2) is 0 Å². The predicted molar refractivity (Wildman–Crippen MR) is 85.8 cm³/mol. The Morgan fingerprint density at radius 1 is 1.32 bits per heavy atom. The van der Waals surface area contributed by atoms with E-state index >= 15 is 0 Å². The Bertz CT molecular complexity index is 549. The summed E-state index contributed by atoms with van der Waals surface area (Å²) in [6.45, 7) is 1.97. The molecule has 22 heavy (non-hydrogen) atoms. The number of anilines is 1. The van der Waals surface area contributed by atoms with E-state index in [1.165, 1.54) is 11.3 Å². The minimum absolute atomic E-state index is 0.0183. The molecule has 0 spiro atoms. The number of piperidine rings is 2. The molecular weight excluding hydrogens is 280 g/mol. The molecule has 5 heteroatoms. The van der Waals surface area contributed by atoms with Crippen molar-refractivity contribution in [2.24, 2.45) is 0 Å². The molecule has 2 atom stereocenters. The molecule has 3 rings (SSSR count). The van der Waals surface area contributed by atoms with Gasteiger partial charge in [-0.2, -0.15) is 0 Å². The van der Waals surface area contributed by atoms with Crippen LogP contribution in [0.2, 0.25) is 0 Å². The zero-order chi connectivity index (χ0) is 15.7.